The zero-order valence-corrected chi connectivity index (χ0v) is 18.6. The van der Waals surface area contributed by atoms with Crippen LogP contribution in [-0.4, -0.2) is 4.98 Å². The van der Waals surface area contributed by atoms with Gasteiger partial charge in [-0.1, -0.05) is 96.7 Å². The Bertz CT molecular complexity index is 1270. The predicted molar refractivity (Wildman–Crippen MR) is 135 cm³/mol. The first-order valence-corrected chi connectivity index (χ1v) is 13.3. The van der Waals surface area contributed by atoms with Crippen LogP contribution in [0.15, 0.2) is 109 Å². The maximum absolute atomic E-state index is 6.32. The minimum atomic E-state index is -2.22. The standard InChI is InChI=1S/C25H19N2PS2/c29-28(21-12-3-1-4-13-21,22-14-5-2-6-15-22)27-20-11-9-10-19(18-20)25-26-23-16-7-8-17-24(23)30-25/h1-18H,(H,27,29). The van der Waals surface area contributed by atoms with Crippen LogP contribution in [0.2, 0.25) is 0 Å². The van der Waals surface area contributed by atoms with Crippen molar-refractivity contribution in [2.75, 3.05) is 5.09 Å². The molecule has 0 fully saturated rings. The Morgan fingerprint density at radius 2 is 1.33 bits per heavy atom. The molecule has 5 rings (SSSR count). The van der Waals surface area contributed by atoms with Gasteiger partial charge in [0.1, 0.15) is 5.01 Å². The largest absolute Gasteiger partial charge is 0.351 e. The summed E-state index contributed by atoms with van der Waals surface area (Å²) < 4.78 is 1.20. The van der Waals surface area contributed by atoms with Crippen molar-refractivity contribution >= 4 is 55.8 Å². The van der Waals surface area contributed by atoms with Gasteiger partial charge in [-0.3, -0.25) is 0 Å². The van der Waals surface area contributed by atoms with Gasteiger partial charge in [-0.2, -0.15) is 0 Å². The number of nitrogens with one attached hydrogen (secondary N) is 1. The zero-order valence-electron chi connectivity index (χ0n) is 16.1. The van der Waals surface area contributed by atoms with Crippen LogP contribution in [0.4, 0.5) is 5.69 Å². The van der Waals surface area contributed by atoms with Crippen molar-refractivity contribution in [3.63, 3.8) is 0 Å². The van der Waals surface area contributed by atoms with E-state index in [9.17, 15) is 0 Å². The van der Waals surface area contributed by atoms with Gasteiger partial charge in [0.25, 0.3) is 0 Å². The highest BCUT2D eigenvalue weighted by atomic mass is 32.4. The zero-order chi connectivity index (χ0) is 20.4. The maximum atomic E-state index is 6.32. The summed E-state index contributed by atoms with van der Waals surface area (Å²) in [6.07, 6.45) is -2.22. The smallest absolute Gasteiger partial charge is 0.124 e. The topological polar surface area (TPSA) is 24.9 Å². The van der Waals surface area contributed by atoms with Gasteiger partial charge in [-0.05, 0) is 24.3 Å². The first-order chi connectivity index (χ1) is 14.7. The minimum Gasteiger partial charge on any atom is -0.351 e. The molecule has 2 nitrogen and oxygen atoms in total. The molecule has 1 aromatic heterocycles. The van der Waals surface area contributed by atoms with Crippen LogP contribution in [0, 0.1) is 0 Å². The monoisotopic (exact) mass is 442 g/mol. The third-order valence-corrected chi connectivity index (χ3v) is 10.2. The van der Waals surface area contributed by atoms with Crippen LogP contribution < -0.4 is 15.7 Å². The highest BCUT2D eigenvalue weighted by Crippen LogP contribution is 2.44. The van der Waals surface area contributed by atoms with E-state index in [1.165, 1.54) is 4.70 Å². The fraction of sp³-hybridized carbons (Fsp3) is 0. The molecular weight excluding hydrogens is 423 g/mol. The highest BCUT2D eigenvalue weighted by Gasteiger charge is 2.22. The number of anilines is 1. The normalized spacial score (nSPS) is 11.5. The van der Waals surface area contributed by atoms with E-state index in [2.05, 4.69) is 96.1 Å². The summed E-state index contributed by atoms with van der Waals surface area (Å²) in [4.78, 5) is 4.81. The van der Waals surface area contributed by atoms with E-state index < -0.39 is 6.19 Å². The van der Waals surface area contributed by atoms with Gasteiger partial charge in [0.05, 0.1) is 16.4 Å². The quantitative estimate of drug-likeness (QED) is 0.318. The van der Waals surface area contributed by atoms with E-state index in [1.807, 2.05) is 18.2 Å². The number of aromatic nitrogens is 1. The molecule has 5 aromatic rings. The fourth-order valence-electron chi connectivity index (χ4n) is 3.45. The molecule has 0 aliphatic carbocycles. The molecule has 0 radical (unpaired) electrons. The van der Waals surface area contributed by atoms with Gasteiger partial charge in [0.2, 0.25) is 0 Å². The molecule has 0 amide bonds. The average Bonchev–Trinajstić information content (AvgIpc) is 3.25. The van der Waals surface area contributed by atoms with Crippen LogP contribution in [0.3, 0.4) is 0 Å². The van der Waals surface area contributed by atoms with Crippen molar-refractivity contribution in [1.82, 2.24) is 4.98 Å². The number of thiazole rings is 1. The molecule has 0 spiro atoms. The van der Waals surface area contributed by atoms with Crippen LogP contribution >= 0.6 is 17.5 Å². The Morgan fingerprint density at radius 3 is 2.00 bits per heavy atom. The lowest BCUT2D eigenvalue weighted by atomic mass is 10.2. The molecule has 0 bridgehead atoms. The van der Waals surface area contributed by atoms with Crippen molar-refractivity contribution in [2.24, 2.45) is 0 Å². The van der Waals surface area contributed by atoms with Gasteiger partial charge in [0.15, 0.2) is 0 Å². The van der Waals surface area contributed by atoms with Crippen molar-refractivity contribution in [3.8, 4) is 10.6 Å². The Morgan fingerprint density at radius 1 is 0.700 bits per heavy atom. The number of hydrogen-bond donors (Lipinski definition) is 1. The second-order valence-corrected chi connectivity index (χ2v) is 12.1. The SMILES string of the molecule is S=P(Nc1cccc(-c2nc3ccccc3s2)c1)(c1ccccc1)c1ccccc1. The third kappa shape index (κ3) is 3.70. The first kappa shape index (κ1) is 19.2. The Kier molecular flexibility index (Phi) is 5.22. The van der Waals surface area contributed by atoms with Crippen LogP contribution in [-0.2, 0) is 11.8 Å². The molecule has 0 aliphatic heterocycles. The van der Waals surface area contributed by atoms with Crippen molar-refractivity contribution in [2.45, 2.75) is 0 Å². The average molecular weight is 443 g/mol. The van der Waals surface area contributed by atoms with E-state index in [0.717, 1.165) is 32.4 Å². The lowest BCUT2D eigenvalue weighted by molar-refractivity contribution is 1.48. The molecule has 30 heavy (non-hydrogen) atoms. The molecule has 0 unspecified atom stereocenters. The molecule has 5 heteroatoms. The molecule has 0 atom stereocenters. The highest BCUT2D eigenvalue weighted by molar-refractivity contribution is 8.22. The third-order valence-electron chi connectivity index (χ3n) is 4.93. The number of fused-ring (bicyclic) bond motifs is 1. The van der Waals surface area contributed by atoms with Crippen molar-refractivity contribution in [1.29, 1.82) is 0 Å². The van der Waals surface area contributed by atoms with Crippen LogP contribution in [0.5, 0.6) is 0 Å². The summed E-state index contributed by atoms with van der Waals surface area (Å²) in [6.45, 7) is 0. The van der Waals surface area contributed by atoms with Gasteiger partial charge in [-0.15, -0.1) is 11.3 Å². The molecule has 0 saturated heterocycles. The fourth-order valence-corrected chi connectivity index (χ4v) is 7.70. The van der Waals surface area contributed by atoms with Gasteiger partial charge in [-0.25, -0.2) is 4.98 Å². The van der Waals surface area contributed by atoms with E-state index >= 15 is 0 Å². The van der Waals surface area contributed by atoms with E-state index in [-0.39, 0.29) is 0 Å². The number of rotatable bonds is 5. The van der Waals surface area contributed by atoms with E-state index in [4.69, 9.17) is 16.8 Å². The van der Waals surface area contributed by atoms with Crippen molar-refractivity contribution < 1.29 is 0 Å². The Hall–Kier alpha value is -2.78. The lowest BCUT2D eigenvalue weighted by Gasteiger charge is -2.26. The molecule has 0 aliphatic rings. The summed E-state index contributed by atoms with van der Waals surface area (Å²) in [5.74, 6) is 0. The number of benzene rings is 4. The van der Waals surface area contributed by atoms with Crippen molar-refractivity contribution in [3.05, 3.63) is 109 Å². The molecule has 0 saturated carbocycles. The molecule has 1 N–H and O–H groups in total. The van der Waals surface area contributed by atoms with Gasteiger partial charge < -0.3 is 5.09 Å². The summed E-state index contributed by atoms with van der Waals surface area (Å²) in [5.41, 5.74) is 3.15. The Balaban J connectivity index is 1.56. The Labute approximate surface area is 185 Å². The summed E-state index contributed by atoms with van der Waals surface area (Å²) in [7, 11) is 0. The lowest BCUT2D eigenvalue weighted by Crippen LogP contribution is -2.21. The van der Waals surface area contributed by atoms with E-state index in [1.54, 1.807) is 11.3 Å². The maximum Gasteiger partial charge on any atom is 0.124 e. The van der Waals surface area contributed by atoms with Crippen LogP contribution in [0.25, 0.3) is 20.8 Å². The van der Waals surface area contributed by atoms with Gasteiger partial charge >= 0.3 is 0 Å². The number of hydrogen-bond acceptors (Lipinski definition) is 3. The summed E-state index contributed by atoms with van der Waals surface area (Å²) in [5, 5.41) is 7.05. The molecule has 146 valence electrons. The van der Waals surface area contributed by atoms with Gasteiger partial charge in [0, 0.05) is 21.9 Å². The number of para-hydroxylation sites is 1. The second kappa shape index (κ2) is 8.16. The molecule has 4 aromatic carbocycles. The predicted octanol–water partition coefficient (Wildman–Crippen LogP) is 6.42. The molecule has 1 heterocycles. The van der Waals surface area contributed by atoms with E-state index in [0.29, 0.717) is 0 Å². The summed E-state index contributed by atoms with van der Waals surface area (Å²) in [6, 6.07) is 37.4. The first-order valence-electron chi connectivity index (χ1n) is 9.68. The summed E-state index contributed by atoms with van der Waals surface area (Å²) >= 11 is 8.03. The second-order valence-electron chi connectivity index (χ2n) is 6.96. The van der Waals surface area contributed by atoms with Crippen LogP contribution in [0.1, 0.15) is 0 Å². The number of nitrogens with zero attached hydrogens (tertiary/aromatic N) is 1. The minimum absolute atomic E-state index is 1.02. The molecular formula is C25H19N2PS2.